The van der Waals surface area contributed by atoms with Crippen LogP contribution < -0.4 is 20.7 Å². The summed E-state index contributed by atoms with van der Waals surface area (Å²) < 4.78 is 2.43. The summed E-state index contributed by atoms with van der Waals surface area (Å²) in [6, 6.07) is 74.8. The Morgan fingerprint density at radius 1 is 0.381 bits per heavy atom. The summed E-state index contributed by atoms with van der Waals surface area (Å²) in [4.78, 5) is 15.6. The summed E-state index contributed by atoms with van der Waals surface area (Å²) in [5.41, 5.74) is 9.52. The maximum atomic E-state index is 5.29. The van der Waals surface area contributed by atoms with Crippen molar-refractivity contribution in [3.8, 4) is 39.9 Å². The molecule has 10 aromatic rings. The van der Waals surface area contributed by atoms with Gasteiger partial charge in [-0.05, 0) is 91.6 Å². The van der Waals surface area contributed by atoms with E-state index in [4.69, 9.17) is 15.0 Å². The summed E-state index contributed by atoms with van der Waals surface area (Å²) in [7, 11) is -2.79. The van der Waals surface area contributed by atoms with Crippen LogP contribution in [0.2, 0.25) is 0 Å². The Kier molecular flexibility index (Phi) is 9.21. The maximum absolute atomic E-state index is 5.29. The van der Waals surface area contributed by atoms with Crippen molar-refractivity contribution in [1.82, 2.24) is 19.5 Å². The molecule has 11 rings (SSSR count). The van der Waals surface area contributed by atoms with E-state index in [1.54, 1.807) is 0 Å². The molecule has 1 aliphatic carbocycles. The van der Waals surface area contributed by atoms with E-state index in [0.717, 1.165) is 28.8 Å². The van der Waals surface area contributed by atoms with Crippen molar-refractivity contribution < 1.29 is 0 Å². The lowest BCUT2D eigenvalue weighted by atomic mass is 9.82. The fraction of sp³-hybridized carbons (Fsp3) is 0.121. The van der Waals surface area contributed by atoms with E-state index in [-0.39, 0.29) is 10.8 Å². The highest BCUT2D eigenvalue weighted by atomic mass is 28.3. The number of para-hydroxylation sites is 1. The molecule has 0 saturated carbocycles. The molecule has 2 heterocycles. The molecular weight excluding hydrogens is 781 g/mol. The molecule has 0 atom stereocenters. The standard InChI is InChI=1S/C58H48N4Si/c1-57(2)39-58(3,4)51-38-53-49(37-50(51)57)48-30-17-18-31-52(48)62(53)43-34-32-41(33-35-43)55-59-54(40-20-9-5-10-21-40)60-56(61-55)42-22-19-29-47(36-42)63(44-23-11-6-12-24-44,45-25-13-7-14-26-45)46-27-15-8-16-28-46/h5-38H,39H2,1-4H3. The smallest absolute Gasteiger partial charge is 0.179 e. The number of nitrogens with zero attached hydrogens (tertiary/aromatic N) is 4. The van der Waals surface area contributed by atoms with Crippen LogP contribution in [0.4, 0.5) is 0 Å². The zero-order chi connectivity index (χ0) is 42.8. The van der Waals surface area contributed by atoms with Gasteiger partial charge in [-0.15, -0.1) is 0 Å². The van der Waals surface area contributed by atoms with Crippen LogP contribution in [0, 0.1) is 0 Å². The van der Waals surface area contributed by atoms with Gasteiger partial charge in [0.15, 0.2) is 25.5 Å². The molecule has 8 aromatic carbocycles. The zero-order valence-electron chi connectivity index (χ0n) is 36.1. The number of fused-ring (bicyclic) bond motifs is 4. The number of hydrogen-bond acceptors (Lipinski definition) is 3. The topological polar surface area (TPSA) is 43.6 Å². The average molecular weight is 829 g/mol. The Morgan fingerprint density at radius 3 is 1.40 bits per heavy atom. The van der Waals surface area contributed by atoms with Gasteiger partial charge in [0.1, 0.15) is 0 Å². The van der Waals surface area contributed by atoms with Crippen LogP contribution >= 0.6 is 0 Å². The highest BCUT2D eigenvalue weighted by Crippen LogP contribution is 2.51. The van der Waals surface area contributed by atoms with Crippen molar-refractivity contribution in [2.24, 2.45) is 0 Å². The quantitative estimate of drug-likeness (QED) is 0.113. The summed E-state index contributed by atoms with van der Waals surface area (Å²) in [6.07, 6.45) is 1.13. The fourth-order valence-electron chi connectivity index (χ4n) is 10.8. The summed E-state index contributed by atoms with van der Waals surface area (Å²) >= 11 is 0. The molecule has 0 aliphatic heterocycles. The molecule has 0 spiro atoms. The first-order chi connectivity index (χ1) is 30.7. The molecule has 0 fully saturated rings. The molecule has 2 aromatic heterocycles. The van der Waals surface area contributed by atoms with Crippen LogP contribution in [0.25, 0.3) is 61.7 Å². The lowest BCUT2D eigenvalue weighted by Crippen LogP contribution is -2.74. The normalized spacial score (nSPS) is 14.2. The monoisotopic (exact) mass is 828 g/mol. The van der Waals surface area contributed by atoms with E-state index >= 15 is 0 Å². The van der Waals surface area contributed by atoms with Gasteiger partial charge in [-0.3, -0.25) is 0 Å². The van der Waals surface area contributed by atoms with Gasteiger partial charge in [-0.25, -0.2) is 15.0 Å². The molecule has 0 N–H and O–H groups in total. The summed E-state index contributed by atoms with van der Waals surface area (Å²) in [5, 5.41) is 7.80. The van der Waals surface area contributed by atoms with E-state index in [1.807, 2.05) is 18.2 Å². The maximum Gasteiger partial charge on any atom is 0.179 e. The SMILES string of the molecule is CC1(C)CC(C)(C)c2cc3c(cc21)c1ccccc1n3-c1ccc(-c2nc(-c3ccccc3)nc(-c3cccc([Si](c4ccccc4)(c4ccccc4)c4ccccc4)c3)n2)cc1. The van der Waals surface area contributed by atoms with Crippen LogP contribution in [0.3, 0.4) is 0 Å². The predicted molar refractivity (Wildman–Crippen MR) is 265 cm³/mol. The van der Waals surface area contributed by atoms with Gasteiger partial charge in [0.05, 0.1) is 11.0 Å². The highest BCUT2D eigenvalue weighted by Gasteiger charge is 2.43. The molecule has 0 radical (unpaired) electrons. The van der Waals surface area contributed by atoms with E-state index in [2.05, 4.69) is 220 Å². The average Bonchev–Trinajstić information content (AvgIpc) is 3.75. The minimum absolute atomic E-state index is 0.0961. The summed E-state index contributed by atoms with van der Waals surface area (Å²) in [5.74, 6) is 1.92. The van der Waals surface area contributed by atoms with Crippen molar-refractivity contribution in [2.45, 2.75) is 44.9 Å². The number of hydrogen-bond donors (Lipinski definition) is 0. The Balaban J connectivity index is 1.07. The van der Waals surface area contributed by atoms with Crippen LogP contribution in [-0.2, 0) is 10.8 Å². The third kappa shape index (κ3) is 6.45. The van der Waals surface area contributed by atoms with Gasteiger partial charge >= 0.3 is 0 Å². The van der Waals surface area contributed by atoms with Crippen LogP contribution in [0.15, 0.2) is 206 Å². The Morgan fingerprint density at radius 2 is 0.825 bits per heavy atom. The number of rotatable bonds is 8. The highest BCUT2D eigenvalue weighted by molar-refractivity contribution is 7.19. The minimum Gasteiger partial charge on any atom is -0.309 e. The molecule has 4 nitrogen and oxygen atoms in total. The second-order valence-electron chi connectivity index (χ2n) is 18.4. The van der Waals surface area contributed by atoms with Gasteiger partial charge in [0, 0.05) is 33.2 Å². The summed E-state index contributed by atoms with van der Waals surface area (Å²) in [6.45, 7) is 9.58. The molecule has 0 amide bonds. The second kappa shape index (κ2) is 15.0. The van der Waals surface area contributed by atoms with Crippen LogP contribution in [-0.4, -0.2) is 27.6 Å². The van der Waals surface area contributed by atoms with Crippen molar-refractivity contribution in [3.05, 3.63) is 217 Å². The van der Waals surface area contributed by atoms with E-state index in [9.17, 15) is 0 Å². The Bertz CT molecular complexity index is 3190. The molecule has 304 valence electrons. The van der Waals surface area contributed by atoms with Crippen LogP contribution in [0.1, 0.15) is 45.2 Å². The molecule has 0 bridgehead atoms. The first-order valence-corrected chi connectivity index (χ1v) is 24.0. The van der Waals surface area contributed by atoms with Crippen molar-refractivity contribution >= 4 is 50.6 Å². The third-order valence-corrected chi connectivity index (χ3v) is 18.2. The lowest BCUT2D eigenvalue weighted by molar-refractivity contribution is 0.403. The number of benzene rings is 8. The van der Waals surface area contributed by atoms with Gasteiger partial charge in [-0.1, -0.05) is 191 Å². The fourth-order valence-corrected chi connectivity index (χ4v) is 15.6. The van der Waals surface area contributed by atoms with Crippen LogP contribution in [0.5, 0.6) is 0 Å². The molecule has 1 aliphatic rings. The molecule has 5 heteroatoms. The van der Waals surface area contributed by atoms with Crippen molar-refractivity contribution in [2.75, 3.05) is 0 Å². The zero-order valence-corrected chi connectivity index (χ0v) is 37.1. The first-order valence-electron chi connectivity index (χ1n) is 22.0. The third-order valence-electron chi connectivity index (χ3n) is 13.4. The Hall–Kier alpha value is -7.21. The van der Waals surface area contributed by atoms with Crippen molar-refractivity contribution in [3.63, 3.8) is 0 Å². The van der Waals surface area contributed by atoms with E-state index < -0.39 is 8.07 Å². The molecule has 0 unspecified atom stereocenters. The largest absolute Gasteiger partial charge is 0.309 e. The van der Waals surface area contributed by atoms with Crippen molar-refractivity contribution in [1.29, 1.82) is 0 Å². The predicted octanol–water partition coefficient (Wildman–Crippen LogP) is 11.3. The Labute approximate surface area is 370 Å². The van der Waals surface area contributed by atoms with E-state index in [0.29, 0.717) is 17.5 Å². The second-order valence-corrected chi connectivity index (χ2v) is 22.2. The minimum atomic E-state index is -2.79. The van der Waals surface area contributed by atoms with Gasteiger partial charge in [0.25, 0.3) is 0 Å². The van der Waals surface area contributed by atoms with Gasteiger partial charge < -0.3 is 4.57 Å². The first kappa shape index (κ1) is 38.7. The van der Waals surface area contributed by atoms with Gasteiger partial charge in [0.2, 0.25) is 0 Å². The molecule has 63 heavy (non-hydrogen) atoms. The van der Waals surface area contributed by atoms with E-state index in [1.165, 1.54) is 53.7 Å². The molecular formula is C58H48N4Si. The lowest BCUT2D eigenvalue weighted by Gasteiger charge is -2.34. The molecule has 0 saturated heterocycles. The number of aromatic nitrogens is 4. The van der Waals surface area contributed by atoms with Gasteiger partial charge in [-0.2, -0.15) is 0 Å².